The fraction of sp³-hybridized carbons (Fsp3) is 0.231. The predicted molar refractivity (Wildman–Crippen MR) is 70.0 cm³/mol. The van der Waals surface area contributed by atoms with Crippen molar-refractivity contribution >= 4 is 10.0 Å². The summed E-state index contributed by atoms with van der Waals surface area (Å²) >= 11 is 0. The smallest absolute Gasteiger partial charge is 0.243 e. The van der Waals surface area contributed by atoms with E-state index in [9.17, 15) is 12.8 Å². The maximum atomic E-state index is 13.5. The quantitative estimate of drug-likeness (QED) is 0.886. The molecule has 0 fully saturated rings. The monoisotopic (exact) mass is 299 g/mol. The lowest BCUT2D eigenvalue weighted by atomic mass is 10.3. The van der Waals surface area contributed by atoms with Crippen LogP contribution in [-0.4, -0.2) is 22.1 Å². The number of ether oxygens (including phenoxy) is 1. The van der Waals surface area contributed by atoms with Crippen LogP contribution in [0.4, 0.5) is 4.39 Å². The van der Waals surface area contributed by atoms with Gasteiger partial charge in [0.2, 0.25) is 10.0 Å². The van der Waals surface area contributed by atoms with Crippen LogP contribution in [0.15, 0.2) is 52.0 Å². The molecule has 1 aromatic heterocycles. The van der Waals surface area contributed by atoms with Gasteiger partial charge in [-0.25, -0.2) is 17.5 Å². The third kappa shape index (κ3) is 3.24. The minimum Gasteiger partial charge on any atom is -0.467 e. The molecule has 1 atom stereocenters. The summed E-state index contributed by atoms with van der Waals surface area (Å²) in [6.45, 7) is -0.0549. The van der Waals surface area contributed by atoms with Gasteiger partial charge in [0, 0.05) is 13.7 Å². The number of sulfonamides is 1. The summed E-state index contributed by atoms with van der Waals surface area (Å²) in [6.07, 6.45) is 0.888. The van der Waals surface area contributed by atoms with Gasteiger partial charge in [-0.3, -0.25) is 0 Å². The van der Waals surface area contributed by atoms with Gasteiger partial charge in [-0.15, -0.1) is 0 Å². The second-order valence-electron chi connectivity index (χ2n) is 4.02. The van der Waals surface area contributed by atoms with Crippen LogP contribution in [0, 0.1) is 5.82 Å². The number of methoxy groups -OCH3 is 1. The zero-order valence-corrected chi connectivity index (χ0v) is 11.6. The Morgan fingerprint density at radius 1 is 1.30 bits per heavy atom. The van der Waals surface area contributed by atoms with E-state index in [0.29, 0.717) is 5.76 Å². The fourth-order valence-electron chi connectivity index (χ4n) is 1.70. The molecule has 0 bridgehead atoms. The van der Waals surface area contributed by atoms with Crippen LogP contribution in [-0.2, 0) is 14.8 Å². The molecule has 20 heavy (non-hydrogen) atoms. The first-order valence-electron chi connectivity index (χ1n) is 5.85. The van der Waals surface area contributed by atoms with Crippen LogP contribution in [0.1, 0.15) is 11.9 Å². The number of furan rings is 1. The molecule has 0 aliphatic carbocycles. The van der Waals surface area contributed by atoms with Crippen molar-refractivity contribution in [2.24, 2.45) is 0 Å². The van der Waals surface area contributed by atoms with Crippen LogP contribution >= 0.6 is 0 Å². The second-order valence-corrected chi connectivity index (χ2v) is 5.76. The Morgan fingerprint density at radius 3 is 2.65 bits per heavy atom. The third-order valence-electron chi connectivity index (χ3n) is 2.73. The third-order valence-corrected chi connectivity index (χ3v) is 4.19. The van der Waals surface area contributed by atoms with Crippen molar-refractivity contribution < 1.29 is 22.0 Å². The van der Waals surface area contributed by atoms with E-state index in [1.807, 2.05) is 0 Å². The van der Waals surface area contributed by atoms with Gasteiger partial charge < -0.3 is 9.15 Å². The molecule has 1 N–H and O–H groups in total. The number of rotatable bonds is 6. The Balaban J connectivity index is 2.12. The summed E-state index contributed by atoms with van der Waals surface area (Å²) in [7, 11) is -2.50. The van der Waals surface area contributed by atoms with Crippen molar-refractivity contribution in [3.05, 3.63) is 54.2 Å². The minimum atomic E-state index is -3.93. The average molecular weight is 299 g/mol. The fourth-order valence-corrected chi connectivity index (χ4v) is 2.81. The Morgan fingerprint density at radius 2 is 2.05 bits per heavy atom. The largest absolute Gasteiger partial charge is 0.467 e. The number of nitrogens with one attached hydrogen (secondary N) is 1. The van der Waals surface area contributed by atoms with Crippen molar-refractivity contribution in [1.29, 1.82) is 0 Å². The van der Waals surface area contributed by atoms with Crippen LogP contribution in [0.25, 0.3) is 0 Å². The molecule has 7 heteroatoms. The SMILES string of the molecule is COC(CNS(=O)(=O)c1ccccc1F)c1ccco1. The van der Waals surface area contributed by atoms with Crippen molar-refractivity contribution in [3.8, 4) is 0 Å². The zero-order chi connectivity index (χ0) is 14.6. The molecule has 1 aromatic carbocycles. The van der Waals surface area contributed by atoms with Crippen molar-refractivity contribution in [2.75, 3.05) is 13.7 Å². The summed E-state index contributed by atoms with van der Waals surface area (Å²) in [5.41, 5.74) is 0. The number of hydrogen-bond acceptors (Lipinski definition) is 4. The molecule has 5 nitrogen and oxygen atoms in total. The Kier molecular flexibility index (Phi) is 4.53. The van der Waals surface area contributed by atoms with Crippen LogP contribution in [0.5, 0.6) is 0 Å². The van der Waals surface area contributed by atoms with Gasteiger partial charge in [0.1, 0.15) is 22.6 Å². The lowest BCUT2D eigenvalue weighted by Crippen LogP contribution is -2.29. The number of halogens is 1. The molecule has 2 rings (SSSR count). The minimum absolute atomic E-state index is 0.0549. The van der Waals surface area contributed by atoms with Crippen LogP contribution in [0.2, 0.25) is 0 Å². The highest BCUT2D eigenvalue weighted by Gasteiger charge is 2.21. The topological polar surface area (TPSA) is 68.5 Å². The van der Waals surface area contributed by atoms with Gasteiger partial charge >= 0.3 is 0 Å². The molecule has 0 saturated carbocycles. The first-order valence-corrected chi connectivity index (χ1v) is 7.33. The maximum absolute atomic E-state index is 13.5. The van der Waals surface area contributed by atoms with Gasteiger partial charge in [0.15, 0.2) is 0 Å². The van der Waals surface area contributed by atoms with E-state index in [1.54, 1.807) is 12.1 Å². The van der Waals surface area contributed by atoms with E-state index in [2.05, 4.69) is 4.72 Å². The first-order chi connectivity index (χ1) is 9.54. The van der Waals surface area contributed by atoms with E-state index in [4.69, 9.17) is 9.15 Å². The lowest BCUT2D eigenvalue weighted by molar-refractivity contribution is 0.0878. The van der Waals surface area contributed by atoms with Gasteiger partial charge in [0.25, 0.3) is 0 Å². The molecular weight excluding hydrogens is 285 g/mol. The molecule has 1 heterocycles. The van der Waals surface area contributed by atoms with Crippen molar-refractivity contribution in [2.45, 2.75) is 11.0 Å². The second kappa shape index (κ2) is 6.17. The average Bonchev–Trinajstić information content (AvgIpc) is 2.94. The van der Waals surface area contributed by atoms with Gasteiger partial charge in [-0.05, 0) is 24.3 Å². The summed E-state index contributed by atoms with van der Waals surface area (Å²) < 4.78 is 50.1. The Hall–Kier alpha value is -1.70. The van der Waals surface area contributed by atoms with E-state index in [1.165, 1.54) is 31.6 Å². The zero-order valence-electron chi connectivity index (χ0n) is 10.7. The number of hydrogen-bond donors (Lipinski definition) is 1. The molecule has 2 aromatic rings. The summed E-state index contributed by atoms with van der Waals surface area (Å²) in [5.74, 6) is -0.310. The summed E-state index contributed by atoms with van der Waals surface area (Å²) in [4.78, 5) is -0.394. The molecular formula is C13H14FNO4S. The molecule has 0 aliphatic heterocycles. The molecule has 0 aliphatic rings. The Labute approximate surface area is 116 Å². The van der Waals surface area contributed by atoms with Crippen LogP contribution in [0.3, 0.4) is 0 Å². The summed E-state index contributed by atoms with van der Waals surface area (Å²) in [5, 5.41) is 0. The highest BCUT2D eigenvalue weighted by atomic mass is 32.2. The highest BCUT2D eigenvalue weighted by Crippen LogP contribution is 2.18. The molecule has 0 amide bonds. The molecule has 0 radical (unpaired) electrons. The molecule has 108 valence electrons. The van der Waals surface area contributed by atoms with Crippen molar-refractivity contribution in [1.82, 2.24) is 4.72 Å². The van der Waals surface area contributed by atoms with E-state index >= 15 is 0 Å². The maximum Gasteiger partial charge on any atom is 0.243 e. The standard InChI is InChI=1S/C13H14FNO4S/c1-18-12(11-6-4-8-19-11)9-15-20(16,17)13-7-3-2-5-10(13)14/h2-8,12,15H,9H2,1H3. The summed E-state index contributed by atoms with van der Waals surface area (Å²) in [6, 6.07) is 8.52. The first kappa shape index (κ1) is 14.7. The van der Waals surface area contributed by atoms with Crippen molar-refractivity contribution in [3.63, 3.8) is 0 Å². The highest BCUT2D eigenvalue weighted by molar-refractivity contribution is 7.89. The Bertz CT molecular complexity index is 655. The number of benzene rings is 1. The molecule has 1 unspecified atom stereocenters. The van der Waals surface area contributed by atoms with E-state index in [-0.39, 0.29) is 6.54 Å². The van der Waals surface area contributed by atoms with Gasteiger partial charge in [0.05, 0.1) is 6.26 Å². The van der Waals surface area contributed by atoms with Gasteiger partial charge in [-0.1, -0.05) is 12.1 Å². The van der Waals surface area contributed by atoms with Crippen LogP contribution < -0.4 is 4.72 Å². The molecule has 0 saturated heterocycles. The normalized spacial score (nSPS) is 13.3. The van der Waals surface area contributed by atoms with E-state index in [0.717, 1.165) is 6.07 Å². The predicted octanol–water partition coefficient (Wildman–Crippen LogP) is 2.08. The van der Waals surface area contributed by atoms with Gasteiger partial charge in [-0.2, -0.15) is 0 Å². The molecule has 0 spiro atoms. The lowest BCUT2D eigenvalue weighted by Gasteiger charge is -2.14. The van der Waals surface area contributed by atoms with E-state index < -0.39 is 26.8 Å².